The van der Waals surface area contributed by atoms with E-state index in [0.717, 1.165) is 39.1 Å². The van der Waals surface area contributed by atoms with Crippen LogP contribution in [0.4, 0.5) is 0 Å². The Morgan fingerprint density at radius 3 is 2.70 bits per heavy atom. The molecule has 1 aromatic carbocycles. The lowest BCUT2D eigenvalue weighted by atomic mass is 10.0. The second-order valence-corrected chi connectivity index (χ2v) is 5.57. The van der Waals surface area contributed by atoms with E-state index in [2.05, 4.69) is 36.9 Å². The highest BCUT2D eigenvalue weighted by Crippen LogP contribution is 2.14. The summed E-state index contributed by atoms with van der Waals surface area (Å²) in [5, 5.41) is 9.91. The Kier molecular flexibility index (Phi) is 7.82. The van der Waals surface area contributed by atoms with Crippen LogP contribution >= 0.6 is 0 Å². The Bertz CT molecular complexity index is 393. The number of benzene rings is 1. The van der Waals surface area contributed by atoms with Gasteiger partial charge in [0.25, 0.3) is 0 Å². The molecule has 1 N–H and O–H groups in total. The molecule has 0 amide bonds. The summed E-state index contributed by atoms with van der Waals surface area (Å²) in [5.41, 5.74) is 3.96. The van der Waals surface area contributed by atoms with Crippen LogP contribution in [-0.2, 0) is 11.3 Å². The molecular weight excluding hydrogens is 250 g/mol. The van der Waals surface area contributed by atoms with Crippen LogP contribution in [0.15, 0.2) is 18.2 Å². The average molecular weight is 279 g/mol. The quantitative estimate of drug-likeness (QED) is 0.706. The lowest BCUT2D eigenvalue weighted by Gasteiger charge is -2.25. The summed E-state index contributed by atoms with van der Waals surface area (Å²) >= 11 is 0. The molecule has 20 heavy (non-hydrogen) atoms. The van der Waals surface area contributed by atoms with Gasteiger partial charge < -0.3 is 9.84 Å². The molecule has 3 nitrogen and oxygen atoms in total. The van der Waals surface area contributed by atoms with Crippen LogP contribution in [0.3, 0.4) is 0 Å². The van der Waals surface area contributed by atoms with Crippen LogP contribution in [0.1, 0.15) is 36.5 Å². The van der Waals surface area contributed by atoms with E-state index in [1.54, 1.807) is 7.11 Å². The van der Waals surface area contributed by atoms with Gasteiger partial charge in [0.1, 0.15) is 0 Å². The van der Waals surface area contributed by atoms with Gasteiger partial charge in [-0.25, -0.2) is 0 Å². The van der Waals surface area contributed by atoms with E-state index >= 15 is 0 Å². The molecule has 0 bridgehead atoms. The van der Waals surface area contributed by atoms with Crippen molar-refractivity contribution in [3.8, 4) is 0 Å². The number of methoxy groups -OCH3 is 1. The van der Waals surface area contributed by atoms with Crippen molar-refractivity contribution in [1.29, 1.82) is 0 Å². The number of aliphatic hydroxyl groups excluding tert-OH is 1. The molecule has 0 radical (unpaired) electrons. The number of aliphatic hydroxyl groups is 1. The van der Waals surface area contributed by atoms with E-state index < -0.39 is 0 Å². The first kappa shape index (κ1) is 17.2. The molecule has 1 rings (SSSR count). The van der Waals surface area contributed by atoms with Gasteiger partial charge in [0.05, 0.1) is 6.10 Å². The molecular formula is C17H29NO2. The molecule has 1 atom stereocenters. The fourth-order valence-corrected chi connectivity index (χ4v) is 2.31. The first-order chi connectivity index (χ1) is 9.56. The van der Waals surface area contributed by atoms with Crippen LogP contribution in [0, 0.1) is 13.8 Å². The molecule has 0 saturated carbocycles. The zero-order chi connectivity index (χ0) is 15.0. The lowest BCUT2D eigenvalue weighted by Crippen LogP contribution is -2.33. The van der Waals surface area contributed by atoms with Gasteiger partial charge in [0.15, 0.2) is 0 Å². The van der Waals surface area contributed by atoms with Gasteiger partial charge in [-0.3, -0.25) is 4.90 Å². The Hall–Kier alpha value is -0.900. The highest BCUT2D eigenvalue weighted by atomic mass is 16.5. The van der Waals surface area contributed by atoms with Crippen molar-refractivity contribution in [2.24, 2.45) is 0 Å². The zero-order valence-electron chi connectivity index (χ0n) is 13.4. The van der Waals surface area contributed by atoms with E-state index in [4.69, 9.17) is 4.74 Å². The SMILES string of the molecule is CCC(O)CN(CCCOC)Cc1cc(C)ccc1C. The van der Waals surface area contributed by atoms with Crippen molar-refractivity contribution in [2.75, 3.05) is 26.8 Å². The van der Waals surface area contributed by atoms with Crippen molar-refractivity contribution < 1.29 is 9.84 Å². The van der Waals surface area contributed by atoms with E-state index in [0.29, 0.717) is 0 Å². The Labute approximate surface area is 123 Å². The molecule has 0 aliphatic carbocycles. The molecule has 0 aliphatic rings. The van der Waals surface area contributed by atoms with Crippen molar-refractivity contribution in [3.05, 3.63) is 34.9 Å². The maximum atomic E-state index is 9.91. The largest absolute Gasteiger partial charge is 0.392 e. The third-order valence-electron chi connectivity index (χ3n) is 3.66. The summed E-state index contributed by atoms with van der Waals surface area (Å²) in [5.74, 6) is 0. The maximum absolute atomic E-state index is 9.91. The molecule has 1 unspecified atom stereocenters. The first-order valence-electron chi connectivity index (χ1n) is 7.52. The van der Waals surface area contributed by atoms with Crippen molar-refractivity contribution in [1.82, 2.24) is 4.90 Å². The van der Waals surface area contributed by atoms with Gasteiger partial charge >= 0.3 is 0 Å². The molecule has 114 valence electrons. The van der Waals surface area contributed by atoms with Crippen molar-refractivity contribution in [2.45, 2.75) is 46.3 Å². The predicted molar refractivity (Wildman–Crippen MR) is 84.0 cm³/mol. The fourth-order valence-electron chi connectivity index (χ4n) is 2.31. The number of hydrogen-bond acceptors (Lipinski definition) is 3. The van der Waals surface area contributed by atoms with E-state index in [-0.39, 0.29) is 6.10 Å². The molecule has 0 heterocycles. The van der Waals surface area contributed by atoms with Gasteiger partial charge in [-0.15, -0.1) is 0 Å². The average Bonchev–Trinajstić information content (AvgIpc) is 2.42. The van der Waals surface area contributed by atoms with Crippen LogP contribution in [0.25, 0.3) is 0 Å². The molecule has 3 heteroatoms. The summed E-state index contributed by atoms with van der Waals surface area (Å²) in [6.07, 6.45) is 1.55. The summed E-state index contributed by atoms with van der Waals surface area (Å²) in [7, 11) is 1.73. The normalized spacial score (nSPS) is 12.9. The topological polar surface area (TPSA) is 32.7 Å². The van der Waals surface area contributed by atoms with Gasteiger partial charge in [-0.2, -0.15) is 0 Å². The second kappa shape index (κ2) is 9.11. The van der Waals surface area contributed by atoms with Crippen LogP contribution in [-0.4, -0.2) is 42.9 Å². The maximum Gasteiger partial charge on any atom is 0.0664 e. The minimum Gasteiger partial charge on any atom is -0.392 e. The van der Waals surface area contributed by atoms with Gasteiger partial charge in [0.2, 0.25) is 0 Å². The Balaban J connectivity index is 2.68. The number of ether oxygens (including phenoxy) is 1. The van der Waals surface area contributed by atoms with Crippen LogP contribution < -0.4 is 0 Å². The van der Waals surface area contributed by atoms with Crippen LogP contribution in [0.2, 0.25) is 0 Å². The molecule has 0 aromatic heterocycles. The smallest absolute Gasteiger partial charge is 0.0664 e. The van der Waals surface area contributed by atoms with Crippen LogP contribution in [0.5, 0.6) is 0 Å². The van der Waals surface area contributed by atoms with Gasteiger partial charge in [-0.1, -0.05) is 30.7 Å². The van der Waals surface area contributed by atoms with E-state index in [1.165, 1.54) is 16.7 Å². The third kappa shape index (κ3) is 6.04. The zero-order valence-corrected chi connectivity index (χ0v) is 13.4. The summed E-state index contributed by atoms with van der Waals surface area (Å²) in [6.45, 7) is 9.65. The minimum absolute atomic E-state index is 0.248. The molecule has 1 aromatic rings. The predicted octanol–water partition coefficient (Wildman–Crippen LogP) is 2.91. The monoisotopic (exact) mass is 279 g/mol. The Morgan fingerprint density at radius 1 is 1.30 bits per heavy atom. The second-order valence-electron chi connectivity index (χ2n) is 5.57. The minimum atomic E-state index is -0.248. The summed E-state index contributed by atoms with van der Waals surface area (Å²) in [6, 6.07) is 6.57. The summed E-state index contributed by atoms with van der Waals surface area (Å²) < 4.78 is 5.13. The summed E-state index contributed by atoms with van der Waals surface area (Å²) in [4.78, 5) is 2.33. The van der Waals surface area contributed by atoms with Gasteiger partial charge in [0, 0.05) is 33.4 Å². The third-order valence-corrected chi connectivity index (χ3v) is 3.66. The molecule has 0 aliphatic heterocycles. The fraction of sp³-hybridized carbons (Fsp3) is 0.647. The number of aryl methyl sites for hydroxylation is 2. The lowest BCUT2D eigenvalue weighted by molar-refractivity contribution is 0.0967. The highest BCUT2D eigenvalue weighted by Gasteiger charge is 2.12. The highest BCUT2D eigenvalue weighted by molar-refractivity contribution is 5.30. The van der Waals surface area contributed by atoms with E-state index in [1.807, 2.05) is 6.92 Å². The Morgan fingerprint density at radius 2 is 2.05 bits per heavy atom. The number of hydrogen-bond donors (Lipinski definition) is 1. The molecule has 0 spiro atoms. The van der Waals surface area contributed by atoms with Crippen molar-refractivity contribution >= 4 is 0 Å². The molecule has 0 saturated heterocycles. The standard InChI is InChI=1S/C17H29NO2/c1-5-17(19)13-18(9-6-10-20-4)12-16-11-14(2)7-8-15(16)3/h7-8,11,17,19H,5-6,9-10,12-13H2,1-4H3. The molecule has 0 fully saturated rings. The van der Waals surface area contributed by atoms with E-state index in [9.17, 15) is 5.11 Å². The van der Waals surface area contributed by atoms with Crippen molar-refractivity contribution in [3.63, 3.8) is 0 Å². The number of rotatable bonds is 9. The number of nitrogens with zero attached hydrogens (tertiary/aromatic N) is 1. The first-order valence-corrected chi connectivity index (χ1v) is 7.52. The van der Waals surface area contributed by atoms with Gasteiger partial charge in [-0.05, 0) is 37.8 Å².